The molecule has 0 saturated carbocycles. The number of hydrogen-bond donors (Lipinski definition) is 0. The summed E-state index contributed by atoms with van der Waals surface area (Å²) in [7, 11) is 0. The minimum absolute atomic E-state index is 0.00363. The summed E-state index contributed by atoms with van der Waals surface area (Å²) in [4.78, 5) is 16.6. The van der Waals surface area contributed by atoms with Crippen molar-refractivity contribution in [1.82, 2.24) is 9.80 Å². The highest BCUT2D eigenvalue weighted by molar-refractivity contribution is 5.94. The van der Waals surface area contributed by atoms with Crippen molar-refractivity contribution in [2.45, 2.75) is 25.8 Å². The van der Waals surface area contributed by atoms with E-state index in [1.54, 1.807) is 18.2 Å². The molecule has 4 nitrogen and oxygen atoms in total. The number of carbonyl (C=O) groups is 1. The van der Waals surface area contributed by atoms with Gasteiger partial charge in [0.1, 0.15) is 6.26 Å². The van der Waals surface area contributed by atoms with E-state index in [1.807, 2.05) is 4.90 Å². The Morgan fingerprint density at radius 3 is 2.85 bits per heavy atom. The number of furan rings is 1. The van der Waals surface area contributed by atoms with Gasteiger partial charge in [0.25, 0.3) is 5.91 Å². The molecule has 2 aromatic rings. The van der Waals surface area contributed by atoms with E-state index in [1.165, 1.54) is 12.5 Å². The van der Waals surface area contributed by atoms with Crippen LogP contribution >= 0.6 is 0 Å². The molecular weight excluding hydrogens is 338 g/mol. The monoisotopic (exact) mass is 360 g/mol. The van der Waals surface area contributed by atoms with Crippen molar-refractivity contribution in [3.05, 3.63) is 59.6 Å². The van der Waals surface area contributed by atoms with Crippen LogP contribution in [0.1, 0.15) is 35.2 Å². The van der Waals surface area contributed by atoms with Crippen LogP contribution in [-0.4, -0.2) is 41.9 Å². The SMILES string of the molecule is O=C(c1ccoc1)N1CCC2(CCCN(Cc3cccc(F)c3F)C2)C1. The van der Waals surface area contributed by atoms with Crippen molar-refractivity contribution in [2.24, 2.45) is 5.41 Å². The van der Waals surface area contributed by atoms with Gasteiger partial charge in [-0.05, 0) is 37.9 Å². The normalized spacial score (nSPS) is 23.7. The minimum atomic E-state index is -0.799. The third kappa shape index (κ3) is 3.26. The van der Waals surface area contributed by atoms with Crippen LogP contribution in [-0.2, 0) is 6.54 Å². The maximum atomic E-state index is 14.0. The second-order valence-electron chi connectivity index (χ2n) is 7.52. The molecule has 0 bridgehead atoms. The van der Waals surface area contributed by atoms with Crippen LogP contribution in [0.3, 0.4) is 0 Å². The zero-order valence-electron chi connectivity index (χ0n) is 14.6. The molecule has 4 rings (SSSR count). The molecule has 0 aliphatic carbocycles. The largest absolute Gasteiger partial charge is 0.472 e. The molecule has 2 aliphatic rings. The van der Waals surface area contributed by atoms with E-state index in [0.717, 1.165) is 45.0 Å². The van der Waals surface area contributed by atoms with Crippen molar-refractivity contribution in [3.63, 3.8) is 0 Å². The number of rotatable bonds is 3. The predicted octanol–water partition coefficient (Wildman–Crippen LogP) is 3.69. The number of benzene rings is 1. The zero-order valence-corrected chi connectivity index (χ0v) is 14.6. The molecule has 1 spiro atoms. The second-order valence-corrected chi connectivity index (χ2v) is 7.52. The Hall–Kier alpha value is -2.21. The lowest BCUT2D eigenvalue weighted by Gasteiger charge is -2.40. The molecular formula is C20H22F2N2O2. The fourth-order valence-electron chi connectivity index (χ4n) is 4.37. The molecule has 0 radical (unpaired) electrons. The average molecular weight is 360 g/mol. The molecule has 1 atom stereocenters. The molecule has 0 N–H and O–H groups in total. The van der Waals surface area contributed by atoms with Gasteiger partial charge in [0.15, 0.2) is 11.6 Å². The van der Waals surface area contributed by atoms with E-state index in [9.17, 15) is 13.6 Å². The molecule has 138 valence electrons. The minimum Gasteiger partial charge on any atom is -0.472 e. The van der Waals surface area contributed by atoms with Gasteiger partial charge in [0.2, 0.25) is 0 Å². The highest BCUT2D eigenvalue weighted by Gasteiger charge is 2.43. The van der Waals surface area contributed by atoms with Gasteiger partial charge in [-0.1, -0.05) is 12.1 Å². The number of halogens is 2. The maximum Gasteiger partial charge on any atom is 0.257 e. The first-order valence-corrected chi connectivity index (χ1v) is 9.03. The van der Waals surface area contributed by atoms with E-state index in [0.29, 0.717) is 24.2 Å². The quantitative estimate of drug-likeness (QED) is 0.838. The molecule has 26 heavy (non-hydrogen) atoms. The standard InChI is InChI=1S/C20H22F2N2O2/c21-17-4-1-3-15(18(17)22)11-23-8-2-6-20(13-23)7-9-24(14-20)19(25)16-5-10-26-12-16/h1,3-5,10,12H,2,6-9,11,13-14H2. The first kappa shape index (κ1) is 17.2. The Balaban J connectivity index is 1.43. The highest BCUT2D eigenvalue weighted by Crippen LogP contribution is 2.40. The average Bonchev–Trinajstić information content (AvgIpc) is 3.29. The molecule has 1 aromatic carbocycles. The third-order valence-electron chi connectivity index (χ3n) is 5.66. The van der Waals surface area contributed by atoms with Crippen molar-refractivity contribution in [2.75, 3.05) is 26.2 Å². The van der Waals surface area contributed by atoms with E-state index < -0.39 is 11.6 Å². The van der Waals surface area contributed by atoms with Crippen LogP contribution < -0.4 is 0 Å². The third-order valence-corrected chi connectivity index (χ3v) is 5.66. The molecule has 6 heteroatoms. The smallest absolute Gasteiger partial charge is 0.257 e. The summed E-state index contributed by atoms with van der Waals surface area (Å²) in [6.45, 7) is 3.51. The van der Waals surface area contributed by atoms with Gasteiger partial charge in [0, 0.05) is 37.2 Å². The zero-order chi connectivity index (χ0) is 18.1. The van der Waals surface area contributed by atoms with Gasteiger partial charge in [0.05, 0.1) is 11.8 Å². The fourth-order valence-corrected chi connectivity index (χ4v) is 4.37. The maximum absolute atomic E-state index is 14.0. The predicted molar refractivity (Wildman–Crippen MR) is 92.5 cm³/mol. The molecule has 2 aliphatic heterocycles. The van der Waals surface area contributed by atoms with Crippen LogP contribution in [0.25, 0.3) is 0 Å². The number of nitrogens with zero attached hydrogens (tertiary/aromatic N) is 2. The second kappa shape index (κ2) is 6.83. The van der Waals surface area contributed by atoms with Gasteiger partial charge in [-0.3, -0.25) is 9.69 Å². The number of likely N-dealkylation sites (tertiary alicyclic amines) is 2. The Morgan fingerprint density at radius 2 is 2.04 bits per heavy atom. The summed E-state index contributed by atoms with van der Waals surface area (Å²) in [5, 5.41) is 0. The van der Waals surface area contributed by atoms with Crippen LogP contribution in [0.5, 0.6) is 0 Å². The first-order valence-electron chi connectivity index (χ1n) is 9.03. The lowest BCUT2D eigenvalue weighted by Crippen LogP contribution is -2.45. The van der Waals surface area contributed by atoms with Crippen LogP contribution in [0.15, 0.2) is 41.2 Å². The van der Waals surface area contributed by atoms with Crippen LogP contribution in [0.4, 0.5) is 8.78 Å². The Kier molecular flexibility index (Phi) is 4.53. The molecule has 1 amide bonds. The molecule has 1 aromatic heterocycles. The first-order chi connectivity index (χ1) is 12.6. The van der Waals surface area contributed by atoms with E-state index in [2.05, 4.69) is 4.90 Å². The summed E-state index contributed by atoms with van der Waals surface area (Å²) in [6.07, 6.45) is 6.00. The lowest BCUT2D eigenvalue weighted by atomic mass is 9.79. The van der Waals surface area contributed by atoms with Crippen molar-refractivity contribution in [3.8, 4) is 0 Å². The summed E-state index contributed by atoms with van der Waals surface area (Å²) in [5.41, 5.74) is 1.02. The lowest BCUT2D eigenvalue weighted by molar-refractivity contribution is 0.0672. The van der Waals surface area contributed by atoms with Crippen LogP contribution in [0.2, 0.25) is 0 Å². The summed E-state index contributed by atoms with van der Waals surface area (Å²) in [6, 6.07) is 6.03. The number of piperidine rings is 1. The number of carbonyl (C=O) groups excluding carboxylic acids is 1. The summed E-state index contributed by atoms with van der Waals surface area (Å²) < 4.78 is 32.5. The van der Waals surface area contributed by atoms with Gasteiger partial charge in [-0.25, -0.2) is 8.78 Å². The topological polar surface area (TPSA) is 36.7 Å². The number of hydrogen-bond acceptors (Lipinski definition) is 3. The Labute approximate surface area is 151 Å². The van der Waals surface area contributed by atoms with E-state index in [4.69, 9.17) is 4.42 Å². The highest BCUT2D eigenvalue weighted by atomic mass is 19.2. The number of amides is 1. The van der Waals surface area contributed by atoms with Gasteiger partial charge in [-0.2, -0.15) is 0 Å². The van der Waals surface area contributed by atoms with Crippen molar-refractivity contribution >= 4 is 5.91 Å². The van der Waals surface area contributed by atoms with Gasteiger partial charge in [-0.15, -0.1) is 0 Å². The Bertz CT molecular complexity index is 793. The van der Waals surface area contributed by atoms with Crippen molar-refractivity contribution in [1.29, 1.82) is 0 Å². The molecule has 1 unspecified atom stereocenters. The van der Waals surface area contributed by atoms with Crippen LogP contribution in [0, 0.1) is 17.0 Å². The van der Waals surface area contributed by atoms with Gasteiger partial charge < -0.3 is 9.32 Å². The Morgan fingerprint density at radius 1 is 1.15 bits per heavy atom. The molecule has 2 fully saturated rings. The fraction of sp³-hybridized carbons (Fsp3) is 0.450. The van der Waals surface area contributed by atoms with Gasteiger partial charge >= 0.3 is 0 Å². The summed E-state index contributed by atoms with van der Waals surface area (Å²) >= 11 is 0. The van der Waals surface area contributed by atoms with E-state index in [-0.39, 0.29) is 11.3 Å². The summed E-state index contributed by atoms with van der Waals surface area (Å²) in [5.74, 6) is -1.55. The van der Waals surface area contributed by atoms with Crippen molar-refractivity contribution < 1.29 is 18.0 Å². The van der Waals surface area contributed by atoms with E-state index >= 15 is 0 Å². The molecule has 2 saturated heterocycles. The molecule has 3 heterocycles.